The normalized spacial score (nSPS) is 21.2. The van der Waals surface area contributed by atoms with Crippen LogP contribution >= 0.6 is 0 Å². The van der Waals surface area contributed by atoms with Crippen molar-refractivity contribution in [2.45, 2.75) is 25.7 Å². The Morgan fingerprint density at radius 3 is 3.07 bits per heavy atom. The van der Waals surface area contributed by atoms with E-state index in [0.717, 1.165) is 38.9 Å². The highest BCUT2D eigenvalue weighted by atomic mass is 16.5. The zero-order valence-electron chi connectivity index (χ0n) is 9.24. The van der Waals surface area contributed by atoms with Crippen molar-refractivity contribution in [1.82, 2.24) is 4.90 Å². The van der Waals surface area contributed by atoms with Gasteiger partial charge in [-0.2, -0.15) is 5.26 Å². The number of ether oxygens (including phenoxy) is 1. The molecule has 84 valence electrons. The number of rotatable bonds is 5. The second-order valence-corrected chi connectivity index (χ2v) is 3.92. The van der Waals surface area contributed by atoms with E-state index in [-0.39, 0.29) is 11.9 Å². The SMILES string of the molecule is COC(=O)C1CCN(CCCCC#N)C1. The summed E-state index contributed by atoms with van der Waals surface area (Å²) >= 11 is 0. The first-order valence-electron chi connectivity index (χ1n) is 5.45. The number of nitriles is 1. The van der Waals surface area contributed by atoms with Crippen LogP contribution in [-0.4, -0.2) is 37.6 Å². The topological polar surface area (TPSA) is 53.3 Å². The summed E-state index contributed by atoms with van der Waals surface area (Å²) in [5.41, 5.74) is 0. The van der Waals surface area contributed by atoms with Crippen molar-refractivity contribution in [1.29, 1.82) is 5.26 Å². The molecule has 1 heterocycles. The summed E-state index contributed by atoms with van der Waals surface area (Å²) in [6.07, 6.45) is 3.54. The minimum atomic E-state index is -0.0884. The smallest absolute Gasteiger partial charge is 0.310 e. The molecule has 0 saturated carbocycles. The van der Waals surface area contributed by atoms with Crippen molar-refractivity contribution in [2.75, 3.05) is 26.7 Å². The second kappa shape index (κ2) is 6.41. The Hall–Kier alpha value is -1.08. The summed E-state index contributed by atoms with van der Waals surface area (Å²) < 4.78 is 4.72. The van der Waals surface area contributed by atoms with Gasteiger partial charge in [-0.3, -0.25) is 4.79 Å². The summed E-state index contributed by atoms with van der Waals surface area (Å²) in [7, 11) is 1.44. The molecule has 0 bridgehead atoms. The standard InChI is InChI=1S/C11H18N2O2/c1-15-11(14)10-5-8-13(9-10)7-4-2-3-6-12/h10H,2-5,7-9H2,1H3. The minimum Gasteiger partial charge on any atom is -0.469 e. The lowest BCUT2D eigenvalue weighted by Crippen LogP contribution is -2.24. The van der Waals surface area contributed by atoms with Crippen LogP contribution in [0.25, 0.3) is 0 Å². The lowest BCUT2D eigenvalue weighted by atomic mass is 10.1. The van der Waals surface area contributed by atoms with Crippen molar-refractivity contribution in [2.24, 2.45) is 5.92 Å². The predicted octanol–water partition coefficient (Wildman–Crippen LogP) is 1.18. The Morgan fingerprint density at radius 1 is 1.60 bits per heavy atom. The Kier molecular flexibility index (Phi) is 5.13. The Bertz CT molecular complexity index is 247. The minimum absolute atomic E-state index is 0.0611. The van der Waals surface area contributed by atoms with Crippen LogP contribution in [0.1, 0.15) is 25.7 Å². The average Bonchev–Trinajstić information content (AvgIpc) is 2.72. The molecule has 1 aliphatic rings. The van der Waals surface area contributed by atoms with Gasteiger partial charge in [-0.15, -0.1) is 0 Å². The summed E-state index contributed by atoms with van der Waals surface area (Å²) in [5, 5.41) is 8.38. The molecule has 1 saturated heterocycles. The van der Waals surface area contributed by atoms with E-state index in [4.69, 9.17) is 10.00 Å². The maximum Gasteiger partial charge on any atom is 0.310 e. The van der Waals surface area contributed by atoms with Gasteiger partial charge in [0.2, 0.25) is 0 Å². The molecule has 0 aromatic rings. The molecule has 4 heteroatoms. The molecule has 0 aliphatic carbocycles. The highest BCUT2D eigenvalue weighted by Gasteiger charge is 2.28. The first kappa shape index (κ1) is 12.0. The quantitative estimate of drug-likeness (QED) is 0.505. The number of carbonyl (C=O) groups is 1. The van der Waals surface area contributed by atoms with Gasteiger partial charge < -0.3 is 9.64 Å². The number of hydrogen-bond donors (Lipinski definition) is 0. The van der Waals surface area contributed by atoms with Gasteiger partial charge >= 0.3 is 5.97 Å². The van der Waals surface area contributed by atoms with Crippen molar-refractivity contribution in [3.63, 3.8) is 0 Å². The Morgan fingerprint density at radius 2 is 2.40 bits per heavy atom. The highest BCUT2D eigenvalue weighted by molar-refractivity contribution is 5.72. The molecular weight excluding hydrogens is 192 g/mol. The third kappa shape index (κ3) is 3.88. The number of methoxy groups -OCH3 is 1. The number of likely N-dealkylation sites (tertiary alicyclic amines) is 1. The van der Waals surface area contributed by atoms with E-state index in [2.05, 4.69) is 11.0 Å². The van der Waals surface area contributed by atoms with Crippen molar-refractivity contribution < 1.29 is 9.53 Å². The van der Waals surface area contributed by atoms with Crippen molar-refractivity contribution in [3.8, 4) is 6.07 Å². The average molecular weight is 210 g/mol. The van der Waals surface area contributed by atoms with E-state index in [9.17, 15) is 4.79 Å². The van der Waals surface area contributed by atoms with Crippen LogP contribution in [0, 0.1) is 17.2 Å². The Balaban J connectivity index is 2.14. The maximum absolute atomic E-state index is 11.2. The third-order valence-electron chi connectivity index (χ3n) is 2.82. The van der Waals surface area contributed by atoms with Gasteiger partial charge in [0, 0.05) is 13.0 Å². The largest absolute Gasteiger partial charge is 0.469 e. The lowest BCUT2D eigenvalue weighted by molar-refractivity contribution is -0.144. The second-order valence-electron chi connectivity index (χ2n) is 3.92. The molecule has 1 rings (SSSR count). The number of carbonyl (C=O) groups excluding carboxylic acids is 1. The van der Waals surface area contributed by atoms with Crippen LogP contribution in [0.2, 0.25) is 0 Å². The number of hydrogen-bond acceptors (Lipinski definition) is 4. The van der Waals surface area contributed by atoms with E-state index in [0.29, 0.717) is 6.42 Å². The highest BCUT2D eigenvalue weighted by Crippen LogP contribution is 2.17. The van der Waals surface area contributed by atoms with Gasteiger partial charge in [0.15, 0.2) is 0 Å². The number of unbranched alkanes of at least 4 members (excludes halogenated alkanes) is 2. The molecule has 0 amide bonds. The third-order valence-corrected chi connectivity index (χ3v) is 2.82. The van der Waals surface area contributed by atoms with E-state index < -0.39 is 0 Å². The fourth-order valence-corrected chi connectivity index (χ4v) is 1.93. The van der Waals surface area contributed by atoms with E-state index >= 15 is 0 Å². The maximum atomic E-state index is 11.2. The molecule has 0 N–H and O–H groups in total. The fraction of sp³-hybridized carbons (Fsp3) is 0.818. The van der Waals surface area contributed by atoms with Crippen LogP contribution in [-0.2, 0) is 9.53 Å². The summed E-state index contributed by atoms with van der Waals surface area (Å²) in [4.78, 5) is 13.5. The molecule has 0 aromatic heterocycles. The van der Waals surface area contributed by atoms with Crippen LogP contribution in [0.5, 0.6) is 0 Å². The molecule has 15 heavy (non-hydrogen) atoms. The zero-order valence-corrected chi connectivity index (χ0v) is 9.24. The van der Waals surface area contributed by atoms with Gasteiger partial charge in [-0.25, -0.2) is 0 Å². The van der Waals surface area contributed by atoms with Crippen LogP contribution < -0.4 is 0 Å². The zero-order chi connectivity index (χ0) is 11.1. The molecule has 0 aromatic carbocycles. The van der Waals surface area contributed by atoms with Gasteiger partial charge in [0.25, 0.3) is 0 Å². The van der Waals surface area contributed by atoms with Crippen molar-refractivity contribution >= 4 is 5.97 Å². The molecule has 0 spiro atoms. The molecular formula is C11H18N2O2. The van der Waals surface area contributed by atoms with Gasteiger partial charge in [0.05, 0.1) is 19.1 Å². The number of esters is 1. The lowest BCUT2D eigenvalue weighted by Gasteiger charge is -2.14. The summed E-state index contributed by atoms with van der Waals surface area (Å²) in [6, 6.07) is 2.14. The van der Waals surface area contributed by atoms with Crippen molar-refractivity contribution in [3.05, 3.63) is 0 Å². The van der Waals surface area contributed by atoms with Crippen LogP contribution in [0.4, 0.5) is 0 Å². The fourth-order valence-electron chi connectivity index (χ4n) is 1.93. The van der Waals surface area contributed by atoms with Gasteiger partial charge in [0.1, 0.15) is 0 Å². The van der Waals surface area contributed by atoms with E-state index in [1.54, 1.807) is 0 Å². The van der Waals surface area contributed by atoms with E-state index in [1.165, 1.54) is 7.11 Å². The van der Waals surface area contributed by atoms with E-state index in [1.807, 2.05) is 0 Å². The Labute approximate surface area is 90.8 Å². The molecule has 1 fully saturated rings. The summed E-state index contributed by atoms with van der Waals surface area (Å²) in [6.45, 7) is 2.79. The first-order chi connectivity index (χ1) is 7.27. The molecule has 1 unspecified atom stereocenters. The molecule has 0 radical (unpaired) electrons. The first-order valence-corrected chi connectivity index (χ1v) is 5.45. The van der Waals surface area contributed by atoms with Gasteiger partial charge in [-0.05, 0) is 32.4 Å². The summed E-state index contributed by atoms with van der Waals surface area (Å²) in [5.74, 6) is -0.0273. The van der Waals surface area contributed by atoms with Crippen LogP contribution in [0.15, 0.2) is 0 Å². The number of nitrogens with zero attached hydrogens (tertiary/aromatic N) is 2. The molecule has 1 aliphatic heterocycles. The van der Waals surface area contributed by atoms with Gasteiger partial charge in [-0.1, -0.05) is 0 Å². The van der Waals surface area contributed by atoms with Crippen LogP contribution in [0.3, 0.4) is 0 Å². The molecule has 1 atom stereocenters. The molecule has 4 nitrogen and oxygen atoms in total. The predicted molar refractivity (Wildman–Crippen MR) is 56.0 cm³/mol. The monoisotopic (exact) mass is 210 g/mol.